The van der Waals surface area contributed by atoms with Gasteiger partial charge in [-0.05, 0) is 54.3 Å². The zero-order chi connectivity index (χ0) is 23.4. The first-order valence-corrected chi connectivity index (χ1v) is 12.0. The lowest BCUT2D eigenvalue weighted by Crippen LogP contribution is -2.42. The van der Waals surface area contributed by atoms with E-state index in [1.807, 2.05) is 12.1 Å². The summed E-state index contributed by atoms with van der Waals surface area (Å²) in [6.45, 7) is 0.926. The Kier molecular flexibility index (Phi) is 7.80. The lowest BCUT2D eigenvalue weighted by Gasteiger charge is -2.30. The smallest absolute Gasteiger partial charge is 0.322 e. The molecule has 0 aliphatic carbocycles. The highest BCUT2D eigenvalue weighted by Crippen LogP contribution is 2.30. The Balaban J connectivity index is 0.00000324. The second kappa shape index (κ2) is 10.6. The molecule has 0 saturated carbocycles. The van der Waals surface area contributed by atoms with E-state index in [4.69, 9.17) is 11.1 Å². The maximum atomic E-state index is 12.9. The molecule has 178 valence electrons. The number of nitrogen functional groups attached to an aromatic ring is 1. The van der Waals surface area contributed by atoms with Crippen LogP contribution >= 0.6 is 12.4 Å². The minimum absolute atomic E-state index is 0. The number of anilines is 2. The minimum Gasteiger partial charge on any atom is -0.384 e. The molecule has 1 heterocycles. The molecule has 8 nitrogen and oxygen atoms in total. The summed E-state index contributed by atoms with van der Waals surface area (Å²) >= 11 is 0. The van der Waals surface area contributed by atoms with Gasteiger partial charge in [0.15, 0.2) is 0 Å². The van der Waals surface area contributed by atoms with Gasteiger partial charge in [0.2, 0.25) is 0 Å². The van der Waals surface area contributed by atoms with Gasteiger partial charge in [-0.15, -0.1) is 12.4 Å². The number of nitrogens with zero attached hydrogens (tertiary/aromatic N) is 1. The van der Waals surface area contributed by atoms with Crippen LogP contribution in [-0.2, 0) is 23.0 Å². The molecule has 0 spiro atoms. The molecule has 4 rings (SSSR count). The number of urea groups is 1. The Hall–Kier alpha value is -3.56. The highest BCUT2D eigenvalue weighted by Gasteiger charge is 2.23. The molecule has 5 N–H and O–H groups in total. The highest BCUT2D eigenvalue weighted by molar-refractivity contribution is 7.92. The van der Waals surface area contributed by atoms with Crippen LogP contribution in [0.5, 0.6) is 0 Å². The average Bonchev–Trinajstić information content (AvgIpc) is 2.82. The van der Waals surface area contributed by atoms with E-state index in [0.717, 1.165) is 29.7 Å². The van der Waals surface area contributed by atoms with E-state index in [9.17, 15) is 13.2 Å². The zero-order valence-corrected chi connectivity index (χ0v) is 20.0. The van der Waals surface area contributed by atoms with Gasteiger partial charge in [0, 0.05) is 30.0 Å². The molecule has 34 heavy (non-hydrogen) atoms. The molecule has 0 unspecified atom stereocenters. The van der Waals surface area contributed by atoms with Gasteiger partial charge in [0.05, 0.1) is 4.90 Å². The first-order chi connectivity index (χ1) is 15.8. The molecule has 0 fully saturated rings. The molecule has 0 atom stereocenters. The monoisotopic (exact) mass is 499 g/mol. The minimum atomic E-state index is -3.68. The molecule has 10 heteroatoms. The summed E-state index contributed by atoms with van der Waals surface area (Å²) in [5, 5.41) is 10.4. The zero-order valence-electron chi connectivity index (χ0n) is 18.3. The molecule has 3 aromatic carbocycles. The van der Waals surface area contributed by atoms with Gasteiger partial charge in [-0.3, -0.25) is 15.0 Å². The number of carbonyl (C=O) groups is 1. The maximum Gasteiger partial charge on any atom is 0.322 e. The van der Waals surface area contributed by atoms with E-state index in [0.29, 0.717) is 24.3 Å². The summed E-state index contributed by atoms with van der Waals surface area (Å²) in [5.41, 5.74) is 9.15. The number of carbonyl (C=O) groups excluding carboxylic acids is 1. The highest BCUT2D eigenvalue weighted by atomic mass is 35.5. The van der Waals surface area contributed by atoms with Gasteiger partial charge < -0.3 is 11.1 Å². The number of fused-ring (bicyclic) bond motifs is 1. The third-order valence-electron chi connectivity index (χ3n) is 5.46. The fraction of sp³-hybridized carbons (Fsp3) is 0.167. The number of nitrogens with one attached hydrogen (secondary N) is 3. The average molecular weight is 500 g/mol. The van der Waals surface area contributed by atoms with E-state index in [-0.39, 0.29) is 29.2 Å². The van der Waals surface area contributed by atoms with Crippen LogP contribution in [0.2, 0.25) is 0 Å². The fourth-order valence-electron chi connectivity index (χ4n) is 3.76. The van der Waals surface area contributed by atoms with Crippen molar-refractivity contribution in [1.82, 2.24) is 5.32 Å². The Bertz CT molecular complexity index is 1280. The van der Waals surface area contributed by atoms with Crippen molar-refractivity contribution >= 4 is 45.7 Å². The largest absolute Gasteiger partial charge is 0.384 e. The number of benzene rings is 3. The van der Waals surface area contributed by atoms with Crippen LogP contribution in [0, 0.1) is 5.41 Å². The van der Waals surface area contributed by atoms with E-state index >= 15 is 0 Å². The van der Waals surface area contributed by atoms with Crippen molar-refractivity contribution in [3.05, 3.63) is 89.5 Å². The van der Waals surface area contributed by atoms with Gasteiger partial charge >= 0.3 is 6.03 Å². The molecule has 1 aliphatic heterocycles. The Morgan fingerprint density at radius 3 is 2.41 bits per heavy atom. The van der Waals surface area contributed by atoms with Crippen molar-refractivity contribution in [3.8, 4) is 0 Å². The van der Waals surface area contributed by atoms with Crippen LogP contribution < -0.4 is 20.7 Å². The van der Waals surface area contributed by atoms with Crippen molar-refractivity contribution in [2.24, 2.45) is 5.73 Å². The Labute approximate surface area is 205 Å². The summed E-state index contributed by atoms with van der Waals surface area (Å²) in [5.74, 6) is 0.000867. The molecule has 1 aliphatic rings. The van der Waals surface area contributed by atoms with Gasteiger partial charge in [-0.2, -0.15) is 0 Å². The van der Waals surface area contributed by atoms with Crippen molar-refractivity contribution in [2.75, 3.05) is 16.2 Å². The van der Waals surface area contributed by atoms with E-state index in [2.05, 4.69) is 10.0 Å². The Morgan fingerprint density at radius 2 is 1.74 bits per heavy atom. The first kappa shape index (κ1) is 25.1. The van der Waals surface area contributed by atoms with E-state index in [1.54, 1.807) is 65.6 Å². The predicted octanol–water partition coefficient (Wildman–Crippen LogP) is 3.86. The van der Waals surface area contributed by atoms with Crippen LogP contribution in [0.1, 0.15) is 23.1 Å². The van der Waals surface area contributed by atoms with Crippen molar-refractivity contribution in [3.63, 3.8) is 0 Å². The van der Waals surface area contributed by atoms with Gasteiger partial charge in [-0.1, -0.05) is 42.5 Å². The summed E-state index contributed by atoms with van der Waals surface area (Å²) in [7, 11) is -3.68. The maximum absolute atomic E-state index is 12.9. The fourth-order valence-corrected chi connectivity index (χ4v) is 4.83. The molecule has 2 amide bonds. The Morgan fingerprint density at radius 1 is 1.03 bits per heavy atom. The summed E-state index contributed by atoms with van der Waals surface area (Å²) in [6, 6.07) is 20.4. The number of rotatable bonds is 6. The van der Waals surface area contributed by atoms with Crippen LogP contribution in [0.15, 0.2) is 77.7 Å². The van der Waals surface area contributed by atoms with E-state index in [1.165, 1.54) is 0 Å². The molecule has 3 aromatic rings. The number of aryl methyl sites for hydroxylation is 1. The summed E-state index contributed by atoms with van der Waals surface area (Å²) in [6.07, 6.45) is 1.54. The number of hydrogen-bond acceptors (Lipinski definition) is 4. The molecule has 0 saturated heterocycles. The standard InChI is InChI=1S/C24H25N5O3S.ClH/c25-23(26)18-10-8-17(9-11-18)16-27-24(30)29-14-4-5-19-15-20(12-13-22(19)29)28-33(31,32)21-6-2-1-3-7-21;/h1-3,6-13,15,28H,4-5,14,16H2,(H3,25,26)(H,27,30);1H. The third kappa shape index (κ3) is 5.67. The summed E-state index contributed by atoms with van der Waals surface area (Å²) < 4.78 is 27.8. The van der Waals surface area contributed by atoms with Gasteiger partial charge in [0.1, 0.15) is 5.84 Å². The van der Waals surface area contributed by atoms with Crippen LogP contribution in [-0.4, -0.2) is 26.8 Å². The number of halogens is 1. The lowest BCUT2D eigenvalue weighted by molar-refractivity contribution is 0.245. The van der Waals surface area contributed by atoms with E-state index < -0.39 is 10.0 Å². The number of sulfonamides is 1. The molecule has 0 radical (unpaired) electrons. The third-order valence-corrected chi connectivity index (χ3v) is 6.85. The number of nitrogens with two attached hydrogens (primary N) is 1. The quantitative estimate of drug-likeness (QED) is 0.303. The van der Waals surface area contributed by atoms with Crippen LogP contribution in [0.4, 0.5) is 16.2 Å². The number of amidine groups is 1. The van der Waals surface area contributed by atoms with Crippen molar-refractivity contribution in [1.29, 1.82) is 5.41 Å². The van der Waals surface area contributed by atoms with Crippen molar-refractivity contribution < 1.29 is 13.2 Å². The van der Waals surface area contributed by atoms with Crippen molar-refractivity contribution in [2.45, 2.75) is 24.3 Å². The van der Waals surface area contributed by atoms with Gasteiger partial charge in [-0.25, -0.2) is 13.2 Å². The number of hydrogen-bond donors (Lipinski definition) is 4. The lowest BCUT2D eigenvalue weighted by atomic mass is 10.0. The summed E-state index contributed by atoms with van der Waals surface area (Å²) in [4.78, 5) is 14.7. The second-order valence-electron chi connectivity index (χ2n) is 7.79. The van der Waals surface area contributed by atoms with Gasteiger partial charge in [0.25, 0.3) is 10.0 Å². The SMILES string of the molecule is Cl.N=C(N)c1ccc(CNC(=O)N2CCCc3cc(NS(=O)(=O)c4ccccc4)ccc32)cc1. The molecular formula is C24H26ClN5O3S. The predicted molar refractivity (Wildman–Crippen MR) is 136 cm³/mol. The molecule has 0 aromatic heterocycles. The second-order valence-corrected chi connectivity index (χ2v) is 9.47. The molecule has 0 bridgehead atoms. The molecular weight excluding hydrogens is 474 g/mol. The normalized spacial score (nSPS) is 12.8. The number of amides is 2. The van der Waals surface area contributed by atoms with Crippen LogP contribution in [0.3, 0.4) is 0 Å². The van der Waals surface area contributed by atoms with Crippen LogP contribution in [0.25, 0.3) is 0 Å². The topological polar surface area (TPSA) is 128 Å². The first-order valence-electron chi connectivity index (χ1n) is 10.5.